The van der Waals surface area contributed by atoms with Gasteiger partial charge in [-0.3, -0.25) is 9.59 Å². The number of carbonyl (C=O) groups is 2. The van der Waals surface area contributed by atoms with Crippen molar-refractivity contribution in [3.8, 4) is 5.75 Å². The Morgan fingerprint density at radius 1 is 1.33 bits per heavy atom. The van der Waals surface area contributed by atoms with Crippen LogP contribution < -0.4 is 15.4 Å². The Bertz CT molecular complexity index is 480. The molecule has 0 fully saturated rings. The Hall–Kier alpha value is -1.56. The lowest BCUT2D eigenvalue weighted by molar-refractivity contribution is -0.120. The Labute approximate surface area is 133 Å². The van der Waals surface area contributed by atoms with Gasteiger partial charge in [0.2, 0.25) is 11.8 Å². The smallest absolute Gasteiger partial charge is 0.233 e. The van der Waals surface area contributed by atoms with Crippen LogP contribution in [0.2, 0.25) is 0 Å². The van der Waals surface area contributed by atoms with Crippen molar-refractivity contribution in [1.29, 1.82) is 0 Å². The maximum Gasteiger partial charge on any atom is 0.233 e. The second-order valence-electron chi connectivity index (χ2n) is 4.43. The zero-order valence-electron chi connectivity index (χ0n) is 12.3. The van der Waals surface area contributed by atoms with Crippen molar-refractivity contribution in [3.63, 3.8) is 0 Å². The molecule has 2 amide bonds. The number of hydrogen-bond donors (Lipinski definition) is 2. The normalized spacial score (nSPS) is 11.6. The number of halogens is 1. The van der Waals surface area contributed by atoms with Gasteiger partial charge in [-0.25, -0.2) is 0 Å². The molecule has 0 aliphatic rings. The van der Waals surface area contributed by atoms with Gasteiger partial charge in [-0.2, -0.15) is 0 Å². The van der Waals surface area contributed by atoms with Crippen molar-refractivity contribution in [1.82, 2.24) is 5.32 Å². The Balaban J connectivity index is 2.37. The summed E-state index contributed by atoms with van der Waals surface area (Å²) in [5, 5.41) is 5.49. The van der Waals surface area contributed by atoms with Gasteiger partial charge in [0.05, 0.1) is 11.4 Å². The first-order valence-corrected chi connectivity index (χ1v) is 7.92. The molecule has 0 bridgehead atoms. The fraction of sp³-hybridized carbons (Fsp3) is 0.467. The summed E-state index contributed by atoms with van der Waals surface area (Å²) >= 11 is 3.26. The van der Waals surface area contributed by atoms with Gasteiger partial charge in [-0.15, -0.1) is 0 Å². The van der Waals surface area contributed by atoms with E-state index in [0.29, 0.717) is 31.0 Å². The largest absolute Gasteiger partial charge is 0.494 e. The standard InChI is InChI=1S/C15H21BrN2O3/c1-3-13(16)15(20)17-9-8-14(19)18-11-6-5-7-12(10-11)21-4-2/h5-7,10,13H,3-4,8-9H2,1-2H3,(H,17,20)(H,18,19)/t13-/m0/s1. The van der Waals surface area contributed by atoms with Crippen molar-refractivity contribution in [2.45, 2.75) is 31.5 Å². The topological polar surface area (TPSA) is 67.4 Å². The first-order chi connectivity index (χ1) is 10.1. The van der Waals surface area contributed by atoms with Gasteiger partial charge in [0, 0.05) is 24.7 Å². The van der Waals surface area contributed by atoms with Gasteiger partial charge in [0.1, 0.15) is 5.75 Å². The average molecular weight is 357 g/mol. The molecule has 0 unspecified atom stereocenters. The minimum Gasteiger partial charge on any atom is -0.494 e. The van der Waals surface area contributed by atoms with Crippen LogP contribution in [0, 0.1) is 0 Å². The van der Waals surface area contributed by atoms with E-state index < -0.39 is 0 Å². The highest BCUT2D eigenvalue weighted by Crippen LogP contribution is 2.17. The monoisotopic (exact) mass is 356 g/mol. The molecule has 1 rings (SSSR count). The van der Waals surface area contributed by atoms with E-state index in [1.165, 1.54) is 0 Å². The predicted molar refractivity (Wildman–Crippen MR) is 86.9 cm³/mol. The molecule has 0 spiro atoms. The third-order valence-electron chi connectivity index (χ3n) is 2.72. The third-order valence-corrected chi connectivity index (χ3v) is 3.79. The first-order valence-electron chi connectivity index (χ1n) is 7.01. The maximum absolute atomic E-state index is 11.8. The molecule has 1 aromatic carbocycles. The minimum absolute atomic E-state index is 0.0938. The van der Waals surface area contributed by atoms with E-state index in [9.17, 15) is 9.59 Å². The van der Waals surface area contributed by atoms with E-state index >= 15 is 0 Å². The van der Waals surface area contributed by atoms with Crippen molar-refractivity contribution < 1.29 is 14.3 Å². The van der Waals surface area contributed by atoms with Gasteiger partial charge in [-0.05, 0) is 25.5 Å². The molecule has 0 aromatic heterocycles. The first kappa shape index (κ1) is 17.5. The number of anilines is 1. The van der Waals surface area contributed by atoms with Gasteiger partial charge in [0.25, 0.3) is 0 Å². The van der Waals surface area contributed by atoms with Crippen LogP contribution in [-0.4, -0.2) is 29.8 Å². The van der Waals surface area contributed by atoms with E-state index in [-0.39, 0.29) is 23.1 Å². The number of nitrogens with one attached hydrogen (secondary N) is 2. The summed E-state index contributed by atoms with van der Waals surface area (Å²) in [6.45, 7) is 4.71. The number of amides is 2. The molecule has 2 N–H and O–H groups in total. The molecule has 6 heteroatoms. The summed E-state index contributed by atoms with van der Waals surface area (Å²) in [7, 11) is 0. The fourth-order valence-corrected chi connectivity index (χ4v) is 1.81. The molecule has 0 heterocycles. The van der Waals surface area contributed by atoms with Crippen LogP contribution in [0.15, 0.2) is 24.3 Å². The quantitative estimate of drug-likeness (QED) is 0.703. The molecule has 116 valence electrons. The molecule has 1 atom stereocenters. The van der Waals surface area contributed by atoms with E-state index in [1.54, 1.807) is 12.1 Å². The second kappa shape index (κ2) is 9.39. The highest BCUT2D eigenvalue weighted by Gasteiger charge is 2.12. The number of rotatable bonds is 8. The van der Waals surface area contributed by atoms with E-state index in [1.807, 2.05) is 26.0 Å². The third kappa shape index (κ3) is 6.62. The highest BCUT2D eigenvalue weighted by atomic mass is 79.9. The lowest BCUT2D eigenvalue weighted by Crippen LogP contribution is -2.33. The van der Waals surface area contributed by atoms with E-state index in [2.05, 4.69) is 26.6 Å². The summed E-state index contributed by atoms with van der Waals surface area (Å²) in [6.07, 6.45) is 0.941. The molecule has 0 radical (unpaired) electrons. The molecule has 0 aliphatic heterocycles. The van der Waals surface area contributed by atoms with Gasteiger partial charge in [-0.1, -0.05) is 28.9 Å². The number of hydrogen-bond acceptors (Lipinski definition) is 3. The minimum atomic E-state index is -0.205. The van der Waals surface area contributed by atoms with Crippen molar-refractivity contribution in [2.75, 3.05) is 18.5 Å². The Kier molecular flexibility index (Phi) is 7.82. The van der Waals surface area contributed by atoms with E-state index in [4.69, 9.17) is 4.74 Å². The molecule has 0 saturated carbocycles. The fourth-order valence-electron chi connectivity index (χ4n) is 1.65. The molecular formula is C15H21BrN2O3. The number of alkyl halides is 1. The van der Waals surface area contributed by atoms with Crippen LogP contribution in [0.1, 0.15) is 26.7 Å². The summed E-state index contributed by atoms with van der Waals surface area (Å²) in [5.41, 5.74) is 0.684. The Morgan fingerprint density at radius 2 is 2.10 bits per heavy atom. The summed E-state index contributed by atoms with van der Waals surface area (Å²) in [4.78, 5) is 23.1. The summed E-state index contributed by atoms with van der Waals surface area (Å²) < 4.78 is 5.37. The maximum atomic E-state index is 11.8. The zero-order valence-corrected chi connectivity index (χ0v) is 13.9. The second-order valence-corrected chi connectivity index (χ2v) is 5.53. The molecular weight excluding hydrogens is 336 g/mol. The number of carbonyl (C=O) groups excluding carboxylic acids is 2. The van der Waals surface area contributed by atoms with Crippen molar-refractivity contribution in [3.05, 3.63) is 24.3 Å². The number of benzene rings is 1. The van der Waals surface area contributed by atoms with Gasteiger partial charge < -0.3 is 15.4 Å². The van der Waals surface area contributed by atoms with E-state index in [0.717, 1.165) is 0 Å². The van der Waals surface area contributed by atoms with Crippen LogP contribution in [0.3, 0.4) is 0 Å². The van der Waals surface area contributed by atoms with Crippen LogP contribution in [-0.2, 0) is 9.59 Å². The highest BCUT2D eigenvalue weighted by molar-refractivity contribution is 9.10. The van der Waals surface area contributed by atoms with Crippen LogP contribution in [0.25, 0.3) is 0 Å². The molecule has 0 saturated heterocycles. The number of ether oxygens (including phenoxy) is 1. The van der Waals surface area contributed by atoms with Gasteiger partial charge in [0.15, 0.2) is 0 Å². The van der Waals surface area contributed by atoms with Crippen LogP contribution in [0.5, 0.6) is 5.75 Å². The summed E-state index contributed by atoms with van der Waals surface area (Å²) in [5.74, 6) is 0.476. The van der Waals surface area contributed by atoms with Crippen LogP contribution >= 0.6 is 15.9 Å². The zero-order chi connectivity index (χ0) is 15.7. The lowest BCUT2D eigenvalue weighted by Gasteiger charge is -2.10. The molecule has 0 aliphatic carbocycles. The Morgan fingerprint density at radius 3 is 2.76 bits per heavy atom. The lowest BCUT2D eigenvalue weighted by atomic mass is 10.3. The molecule has 1 aromatic rings. The van der Waals surface area contributed by atoms with Crippen LogP contribution in [0.4, 0.5) is 5.69 Å². The van der Waals surface area contributed by atoms with Crippen molar-refractivity contribution >= 4 is 33.4 Å². The van der Waals surface area contributed by atoms with Crippen molar-refractivity contribution in [2.24, 2.45) is 0 Å². The predicted octanol–water partition coefficient (Wildman–Crippen LogP) is 2.70. The molecule has 5 nitrogen and oxygen atoms in total. The summed E-state index contributed by atoms with van der Waals surface area (Å²) in [6, 6.07) is 7.22. The molecule has 21 heavy (non-hydrogen) atoms. The average Bonchev–Trinajstić information content (AvgIpc) is 2.47. The SMILES string of the molecule is CCOc1cccc(NC(=O)CCNC(=O)[C@@H](Br)CC)c1. The van der Waals surface area contributed by atoms with Gasteiger partial charge >= 0.3 is 0 Å².